The monoisotopic (exact) mass is 364 g/mol. The van der Waals surface area contributed by atoms with Crippen LogP contribution in [0.4, 0.5) is 11.4 Å². The highest BCUT2D eigenvalue weighted by atomic mass is 14.9. The standard InChI is InChI=1S/C23H30N2.C2H6/c1-4-18(2)25-22-19(17-24-20-12-6-5-7-13-20)11-10-14-21(22)23(3)15-8-9-16-23;1-2/h5-7,10-14,17-18,25H,4,8-9,15-16H2,1-3H3;1-2H3. The van der Waals surface area contributed by atoms with E-state index in [9.17, 15) is 0 Å². The molecule has 0 bridgehead atoms. The Hall–Kier alpha value is -2.09. The number of nitrogens with one attached hydrogen (secondary N) is 1. The Labute approximate surface area is 166 Å². The highest BCUT2D eigenvalue weighted by Crippen LogP contribution is 2.44. The topological polar surface area (TPSA) is 24.4 Å². The molecule has 1 unspecified atom stereocenters. The summed E-state index contributed by atoms with van der Waals surface area (Å²) in [6.45, 7) is 10.9. The largest absolute Gasteiger partial charge is 0.382 e. The van der Waals surface area contributed by atoms with Gasteiger partial charge in [0, 0.05) is 23.5 Å². The van der Waals surface area contributed by atoms with Gasteiger partial charge in [0.15, 0.2) is 0 Å². The maximum Gasteiger partial charge on any atom is 0.0629 e. The first-order valence-electron chi connectivity index (χ1n) is 10.6. The number of aliphatic imine (C=N–C) groups is 1. The minimum absolute atomic E-state index is 0.284. The Morgan fingerprint density at radius 2 is 1.70 bits per heavy atom. The minimum atomic E-state index is 0.284. The molecule has 0 spiro atoms. The maximum atomic E-state index is 4.70. The Balaban J connectivity index is 0.00000126. The van der Waals surface area contributed by atoms with E-state index in [1.807, 2.05) is 50.4 Å². The Kier molecular flexibility index (Phi) is 8.09. The molecule has 1 fully saturated rings. The predicted octanol–water partition coefficient (Wildman–Crippen LogP) is 7.51. The van der Waals surface area contributed by atoms with Crippen molar-refractivity contribution in [3.05, 3.63) is 59.7 Å². The smallest absolute Gasteiger partial charge is 0.0629 e. The quantitative estimate of drug-likeness (QED) is 0.527. The number of benzene rings is 2. The highest BCUT2D eigenvalue weighted by molar-refractivity contribution is 5.90. The molecule has 0 saturated heterocycles. The molecule has 0 amide bonds. The first-order valence-corrected chi connectivity index (χ1v) is 10.6. The van der Waals surface area contributed by atoms with E-state index in [1.165, 1.54) is 42.5 Å². The van der Waals surface area contributed by atoms with Crippen LogP contribution in [0.15, 0.2) is 53.5 Å². The molecule has 27 heavy (non-hydrogen) atoms. The molecule has 0 aromatic heterocycles. The minimum Gasteiger partial charge on any atom is -0.382 e. The van der Waals surface area contributed by atoms with Gasteiger partial charge < -0.3 is 5.32 Å². The van der Waals surface area contributed by atoms with E-state index in [2.05, 4.69) is 44.3 Å². The van der Waals surface area contributed by atoms with Crippen molar-refractivity contribution in [3.8, 4) is 0 Å². The summed E-state index contributed by atoms with van der Waals surface area (Å²) in [5, 5.41) is 3.78. The molecule has 0 aliphatic heterocycles. The van der Waals surface area contributed by atoms with Gasteiger partial charge in [0.25, 0.3) is 0 Å². The molecule has 2 aromatic rings. The predicted molar refractivity (Wildman–Crippen MR) is 121 cm³/mol. The van der Waals surface area contributed by atoms with Gasteiger partial charge in [0.1, 0.15) is 0 Å². The number of rotatable bonds is 6. The van der Waals surface area contributed by atoms with Crippen LogP contribution in [-0.2, 0) is 5.41 Å². The van der Waals surface area contributed by atoms with E-state index >= 15 is 0 Å². The van der Waals surface area contributed by atoms with Gasteiger partial charge in [-0.3, -0.25) is 4.99 Å². The van der Waals surface area contributed by atoms with Crippen LogP contribution in [0.2, 0.25) is 0 Å². The van der Waals surface area contributed by atoms with Gasteiger partial charge in [0.05, 0.1) is 5.69 Å². The van der Waals surface area contributed by atoms with Crippen LogP contribution in [0.1, 0.15) is 77.8 Å². The zero-order chi connectivity index (χ0) is 19.7. The van der Waals surface area contributed by atoms with Crippen molar-refractivity contribution in [2.24, 2.45) is 4.99 Å². The lowest BCUT2D eigenvalue weighted by molar-refractivity contribution is 0.492. The van der Waals surface area contributed by atoms with Gasteiger partial charge in [-0.2, -0.15) is 0 Å². The zero-order valence-corrected chi connectivity index (χ0v) is 17.8. The van der Waals surface area contributed by atoms with Crippen molar-refractivity contribution >= 4 is 17.6 Å². The molecule has 2 heteroatoms. The summed E-state index contributed by atoms with van der Waals surface area (Å²) < 4.78 is 0. The number of para-hydroxylation sites is 2. The third-order valence-corrected chi connectivity index (χ3v) is 5.57. The van der Waals surface area contributed by atoms with Gasteiger partial charge in [-0.1, -0.05) is 76.9 Å². The van der Waals surface area contributed by atoms with Crippen LogP contribution < -0.4 is 5.32 Å². The van der Waals surface area contributed by atoms with Crippen LogP contribution in [0.25, 0.3) is 0 Å². The second-order valence-electron chi connectivity index (χ2n) is 7.58. The van der Waals surface area contributed by atoms with E-state index < -0.39 is 0 Å². The summed E-state index contributed by atoms with van der Waals surface area (Å²) in [4.78, 5) is 4.70. The average Bonchev–Trinajstić information content (AvgIpc) is 3.16. The normalized spacial score (nSPS) is 16.6. The lowest BCUT2D eigenvalue weighted by Crippen LogP contribution is -2.23. The fourth-order valence-electron chi connectivity index (χ4n) is 3.77. The molecule has 2 nitrogen and oxygen atoms in total. The summed E-state index contributed by atoms with van der Waals surface area (Å²) in [6, 6.07) is 17.3. The van der Waals surface area contributed by atoms with Gasteiger partial charge in [-0.15, -0.1) is 0 Å². The molecule has 1 aliphatic carbocycles. The van der Waals surface area contributed by atoms with Crippen molar-refractivity contribution in [2.75, 3.05) is 5.32 Å². The summed E-state index contributed by atoms with van der Waals surface area (Å²) in [6.07, 6.45) is 8.36. The van der Waals surface area contributed by atoms with E-state index in [4.69, 9.17) is 4.99 Å². The van der Waals surface area contributed by atoms with Gasteiger partial charge >= 0.3 is 0 Å². The first-order chi connectivity index (χ1) is 13.1. The highest BCUT2D eigenvalue weighted by Gasteiger charge is 2.33. The summed E-state index contributed by atoms with van der Waals surface area (Å²) in [7, 11) is 0. The molecule has 0 heterocycles. The molecule has 0 radical (unpaired) electrons. The Morgan fingerprint density at radius 1 is 1.04 bits per heavy atom. The molecule has 1 saturated carbocycles. The van der Waals surface area contributed by atoms with Gasteiger partial charge in [-0.25, -0.2) is 0 Å². The fraction of sp³-hybridized carbons (Fsp3) is 0.480. The fourth-order valence-corrected chi connectivity index (χ4v) is 3.77. The summed E-state index contributed by atoms with van der Waals surface area (Å²) >= 11 is 0. The molecule has 1 atom stereocenters. The lowest BCUT2D eigenvalue weighted by atomic mass is 9.79. The van der Waals surface area contributed by atoms with Crippen molar-refractivity contribution in [2.45, 2.75) is 78.2 Å². The molecule has 1 N–H and O–H groups in total. The van der Waals surface area contributed by atoms with Crippen molar-refractivity contribution in [3.63, 3.8) is 0 Å². The van der Waals surface area contributed by atoms with E-state index in [0.29, 0.717) is 6.04 Å². The number of hydrogen-bond acceptors (Lipinski definition) is 2. The summed E-state index contributed by atoms with van der Waals surface area (Å²) in [5.41, 5.74) is 5.21. The van der Waals surface area contributed by atoms with Crippen LogP contribution in [-0.4, -0.2) is 12.3 Å². The van der Waals surface area contributed by atoms with Gasteiger partial charge in [-0.05, 0) is 49.3 Å². The molecular weight excluding hydrogens is 328 g/mol. The second-order valence-corrected chi connectivity index (χ2v) is 7.58. The van der Waals surface area contributed by atoms with E-state index in [1.54, 1.807) is 0 Å². The van der Waals surface area contributed by atoms with Crippen LogP contribution in [0.3, 0.4) is 0 Å². The second kappa shape index (κ2) is 10.3. The molecule has 3 rings (SSSR count). The molecular formula is C25H36N2. The SMILES string of the molecule is CC.CCC(C)Nc1c(C=Nc2ccccc2)cccc1C1(C)CCCC1. The first kappa shape index (κ1) is 21.2. The van der Waals surface area contributed by atoms with E-state index in [-0.39, 0.29) is 5.41 Å². The Morgan fingerprint density at radius 3 is 2.33 bits per heavy atom. The van der Waals surface area contributed by atoms with E-state index in [0.717, 1.165) is 12.1 Å². The Bertz CT molecular complexity index is 712. The third kappa shape index (κ3) is 5.45. The number of nitrogens with zero attached hydrogens (tertiary/aromatic N) is 1. The van der Waals surface area contributed by atoms with Crippen LogP contribution in [0, 0.1) is 0 Å². The van der Waals surface area contributed by atoms with Crippen LogP contribution in [0.5, 0.6) is 0 Å². The van der Waals surface area contributed by atoms with Crippen molar-refractivity contribution in [1.29, 1.82) is 0 Å². The molecule has 2 aromatic carbocycles. The maximum absolute atomic E-state index is 4.70. The van der Waals surface area contributed by atoms with Crippen LogP contribution >= 0.6 is 0 Å². The zero-order valence-electron chi connectivity index (χ0n) is 17.8. The number of anilines is 1. The molecule has 1 aliphatic rings. The van der Waals surface area contributed by atoms with Crippen molar-refractivity contribution < 1.29 is 0 Å². The lowest BCUT2D eigenvalue weighted by Gasteiger charge is -2.30. The average molecular weight is 365 g/mol. The molecule has 146 valence electrons. The third-order valence-electron chi connectivity index (χ3n) is 5.57. The number of hydrogen-bond donors (Lipinski definition) is 1. The summed E-state index contributed by atoms with van der Waals surface area (Å²) in [5.74, 6) is 0. The van der Waals surface area contributed by atoms with Crippen molar-refractivity contribution in [1.82, 2.24) is 0 Å². The van der Waals surface area contributed by atoms with Gasteiger partial charge in [0.2, 0.25) is 0 Å².